The van der Waals surface area contributed by atoms with Crippen LogP contribution < -0.4 is 20.1 Å². The maximum atomic E-state index is 13.2. The first-order valence-electron chi connectivity index (χ1n) is 12.8. The normalized spacial score (nSPS) is 23.0. The van der Waals surface area contributed by atoms with E-state index in [-0.39, 0.29) is 17.5 Å². The predicted octanol–water partition coefficient (Wildman–Crippen LogP) is 5.04. The van der Waals surface area contributed by atoms with Crippen LogP contribution in [-0.2, 0) is 0 Å². The average Bonchev–Trinajstić information content (AvgIpc) is 3.49. The molecule has 1 aromatic carbocycles. The fourth-order valence-electron chi connectivity index (χ4n) is 5.68. The molecule has 0 radical (unpaired) electrons. The number of nitrogens with zero attached hydrogens (tertiary/aromatic N) is 2. The second-order valence-corrected chi connectivity index (χ2v) is 10.0. The summed E-state index contributed by atoms with van der Waals surface area (Å²) in [6.45, 7) is 4.01. The van der Waals surface area contributed by atoms with Crippen molar-refractivity contribution in [1.29, 1.82) is 0 Å². The Morgan fingerprint density at radius 1 is 1.16 bits per heavy atom. The van der Waals surface area contributed by atoms with E-state index in [1.807, 2.05) is 0 Å². The third-order valence-electron chi connectivity index (χ3n) is 7.47. The number of nitrogens with one attached hydrogen (secondary N) is 3. The number of H-pyrrole nitrogens is 1. The average molecular weight is 528 g/mol. The third-order valence-corrected chi connectivity index (χ3v) is 7.47. The molecule has 3 atom stereocenters. The number of carbonyl (C=O) groups is 1. The van der Waals surface area contributed by atoms with E-state index < -0.39 is 12.1 Å². The Kier molecular flexibility index (Phi) is 6.38. The maximum absolute atomic E-state index is 13.2. The number of fused-ring (bicyclic) bond motifs is 5. The second kappa shape index (κ2) is 9.86. The number of aromatic nitrogens is 2. The summed E-state index contributed by atoms with van der Waals surface area (Å²) < 4.78 is 50.0. The minimum atomic E-state index is -4.87. The van der Waals surface area contributed by atoms with E-state index in [9.17, 15) is 18.0 Å². The highest BCUT2D eigenvalue weighted by molar-refractivity contribution is 6.07. The van der Waals surface area contributed by atoms with Gasteiger partial charge in [0.05, 0.1) is 35.4 Å². The number of amides is 1. The lowest BCUT2D eigenvalue weighted by Gasteiger charge is -2.25. The van der Waals surface area contributed by atoms with Gasteiger partial charge in [-0.1, -0.05) is 12.1 Å². The number of benzene rings is 1. The van der Waals surface area contributed by atoms with Gasteiger partial charge < -0.3 is 30.0 Å². The van der Waals surface area contributed by atoms with Crippen LogP contribution in [0.15, 0.2) is 42.7 Å². The van der Waals surface area contributed by atoms with Crippen LogP contribution in [0.3, 0.4) is 0 Å². The van der Waals surface area contributed by atoms with Gasteiger partial charge in [-0.05, 0) is 50.6 Å². The number of rotatable bonds is 3. The summed E-state index contributed by atoms with van der Waals surface area (Å²) in [6.07, 6.45) is 1.29. The molecule has 3 aliphatic heterocycles. The Hall–Kier alpha value is -3.73. The van der Waals surface area contributed by atoms with Crippen LogP contribution in [0, 0.1) is 5.92 Å². The van der Waals surface area contributed by atoms with Crippen LogP contribution in [0.1, 0.15) is 41.2 Å². The van der Waals surface area contributed by atoms with Gasteiger partial charge in [0.2, 0.25) is 0 Å². The number of hydrogen-bond donors (Lipinski definition) is 3. The minimum absolute atomic E-state index is 0.0335. The van der Waals surface area contributed by atoms with Crippen molar-refractivity contribution in [2.24, 2.45) is 5.92 Å². The highest BCUT2D eigenvalue weighted by Gasteiger charge is 2.36. The lowest BCUT2D eigenvalue weighted by molar-refractivity contribution is -0.274. The molecule has 2 aromatic heterocycles. The van der Waals surface area contributed by atoms with Gasteiger partial charge in [-0.2, -0.15) is 0 Å². The third kappa shape index (κ3) is 4.90. The number of ether oxygens (including phenoxy) is 2. The number of carbonyl (C=O) groups excluding carboxylic acids is 1. The van der Waals surface area contributed by atoms with Crippen molar-refractivity contribution in [3.63, 3.8) is 0 Å². The quantitative estimate of drug-likeness (QED) is 0.442. The Bertz CT molecular complexity index is 1340. The fraction of sp³-hybridized carbons (Fsp3) is 0.407. The van der Waals surface area contributed by atoms with Gasteiger partial charge >= 0.3 is 6.36 Å². The Morgan fingerprint density at radius 3 is 2.89 bits per heavy atom. The van der Waals surface area contributed by atoms with Crippen molar-refractivity contribution in [3.8, 4) is 22.8 Å². The van der Waals surface area contributed by atoms with Gasteiger partial charge in [-0.3, -0.25) is 9.78 Å². The van der Waals surface area contributed by atoms with Crippen LogP contribution in [0.4, 0.5) is 24.5 Å². The van der Waals surface area contributed by atoms with E-state index in [4.69, 9.17) is 4.74 Å². The molecule has 1 unspecified atom stereocenters. The topological polar surface area (TPSA) is 91.5 Å². The highest BCUT2D eigenvalue weighted by atomic mass is 19.4. The van der Waals surface area contributed by atoms with Crippen LogP contribution in [0.5, 0.6) is 11.5 Å². The molecular weight excluding hydrogens is 499 g/mol. The van der Waals surface area contributed by atoms with Gasteiger partial charge in [0.1, 0.15) is 5.75 Å². The molecule has 0 aliphatic carbocycles. The van der Waals surface area contributed by atoms with E-state index in [0.29, 0.717) is 47.3 Å². The van der Waals surface area contributed by atoms with Crippen LogP contribution in [-0.4, -0.2) is 59.9 Å². The largest absolute Gasteiger partial charge is 0.573 e. The standard InChI is InChI=1S/C27H28F3N5O3/c28-27(29,30)38-20-6-2-1-5-19(20)33-25-22-23-17(12-32-26(22)36)4-3-10-35-11-8-16(14-35)15-37-21-13-31-9-7-18(21)24(25)34-23/h1-2,5-7,9,13,16-17,33-34H,3-4,8,10-12,14-15H2,(H,32,36)/t16-,17-/m1/s1. The molecule has 5 heterocycles. The van der Waals surface area contributed by atoms with Gasteiger partial charge in [-0.15, -0.1) is 13.2 Å². The Balaban J connectivity index is 1.48. The number of halogens is 3. The second-order valence-electron chi connectivity index (χ2n) is 10.0. The molecule has 1 fully saturated rings. The van der Waals surface area contributed by atoms with Crippen LogP contribution in [0.25, 0.3) is 11.3 Å². The Morgan fingerprint density at radius 2 is 2.03 bits per heavy atom. The van der Waals surface area contributed by atoms with Crippen LogP contribution >= 0.6 is 0 Å². The molecule has 0 spiro atoms. The number of anilines is 2. The molecule has 4 bridgehead atoms. The molecule has 3 aromatic rings. The lowest BCUT2D eigenvalue weighted by atomic mass is 9.92. The van der Waals surface area contributed by atoms with Gasteiger partial charge in [0.15, 0.2) is 5.75 Å². The Labute approximate surface area is 217 Å². The molecular formula is C27H28F3N5O3. The summed E-state index contributed by atoms with van der Waals surface area (Å²) in [5.41, 5.74) is 2.84. The summed E-state index contributed by atoms with van der Waals surface area (Å²) >= 11 is 0. The van der Waals surface area contributed by atoms with Gasteiger partial charge in [0, 0.05) is 42.4 Å². The number of pyridine rings is 1. The fourth-order valence-corrected chi connectivity index (χ4v) is 5.68. The zero-order valence-electron chi connectivity index (χ0n) is 20.6. The summed E-state index contributed by atoms with van der Waals surface area (Å²) in [4.78, 5) is 23.4. The zero-order chi connectivity index (χ0) is 26.3. The van der Waals surface area contributed by atoms with E-state index in [2.05, 4.69) is 30.2 Å². The van der Waals surface area contributed by atoms with Crippen molar-refractivity contribution in [1.82, 2.24) is 20.2 Å². The SMILES string of the molecule is O=C1NC[C@H]2CCCN3CC[C@@H](COc4cnccc4-c4[nH]c2c1c4Nc1ccccc1OC(F)(F)F)C3. The maximum Gasteiger partial charge on any atom is 0.573 e. The zero-order valence-corrected chi connectivity index (χ0v) is 20.6. The molecule has 200 valence electrons. The molecule has 1 saturated heterocycles. The molecule has 0 saturated carbocycles. The number of para-hydroxylation sites is 2. The molecule has 6 rings (SSSR count). The summed E-state index contributed by atoms with van der Waals surface area (Å²) in [5, 5.41) is 6.08. The smallest absolute Gasteiger partial charge is 0.491 e. The summed E-state index contributed by atoms with van der Waals surface area (Å²) in [5.74, 6) is 0.294. The number of hydrogen-bond acceptors (Lipinski definition) is 6. The highest BCUT2D eigenvalue weighted by Crippen LogP contribution is 2.44. The summed E-state index contributed by atoms with van der Waals surface area (Å²) in [6, 6.07) is 7.57. The van der Waals surface area contributed by atoms with Crippen molar-refractivity contribution < 1.29 is 27.4 Å². The first-order chi connectivity index (χ1) is 18.4. The van der Waals surface area contributed by atoms with Gasteiger partial charge in [-0.25, -0.2) is 0 Å². The molecule has 38 heavy (non-hydrogen) atoms. The molecule has 8 nitrogen and oxygen atoms in total. The van der Waals surface area contributed by atoms with Crippen molar-refractivity contribution in [2.45, 2.75) is 31.5 Å². The van der Waals surface area contributed by atoms with Gasteiger partial charge in [0.25, 0.3) is 5.91 Å². The first-order valence-corrected chi connectivity index (χ1v) is 12.8. The van der Waals surface area contributed by atoms with E-state index in [1.165, 1.54) is 18.2 Å². The van der Waals surface area contributed by atoms with Crippen molar-refractivity contribution in [2.75, 3.05) is 38.1 Å². The molecule has 3 aliphatic rings. The molecule has 11 heteroatoms. The van der Waals surface area contributed by atoms with Crippen molar-refractivity contribution in [3.05, 3.63) is 54.0 Å². The molecule has 1 amide bonds. The number of alkyl halides is 3. The van der Waals surface area contributed by atoms with E-state index in [0.717, 1.165) is 44.6 Å². The van der Waals surface area contributed by atoms with E-state index in [1.54, 1.807) is 24.5 Å². The molecule has 3 N–H and O–H groups in total. The first kappa shape index (κ1) is 24.6. The monoisotopic (exact) mass is 527 g/mol. The summed E-state index contributed by atoms with van der Waals surface area (Å²) in [7, 11) is 0. The number of aromatic amines is 1. The minimum Gasteiger partial charge on any atom is -0.491 e. The van der Waals surface area contributed by atoms with Crippen LogP contribution in [0.2, 0.25) is 0 Å². The lowest BCUT2D eigenvalue weighted by Crippen LogP contribution is -2.35. The van der Waals surface area contributed by atoms with Crippen molar-refractivity contribution >= 4 is 17.3 Å². The predicted molar refractivity (Wildman–Crippen MR) is 135 cm³/mol. The van der Waals surface area contributed by atoms with E-state index >= 15 is 0 Å².